The zero-order valence-corrected chi connectivity index (χ0v) is 11.4. The van der Waals surface area contributed by atoms with Gasteiger partial charge < -0.3 is 10.5 Å². The highest BCUT2D eigenvalue weighted by Crippen LogP contribution is 2.29. The Kier molecular flexibility index (Phi) is 3.32. The van der Waals surface area contributed by atoms with Crippen molar-refractivity contribution in [2.24, 2.45) is 5.92 Å². The number of hydrogen-bond donors (Lipinski definition) is 1. The molecule has 1 aliphatic carbocycles. The van der Waals surface area contributed by atoms with E-state index in [1.807, 2.05) is 12.1 Å². The van der Waals surface area contributed by atoms with Gasteiger partial charge in [0.05, 0.1) is 16.8 Å². The first-order chi connectivity index (χ1) is 8.72. The van der Waals surface area contributed by atoms with Crippen LogP contribution >= 0.6 is 11.3 Å². The van der Waals surface area contributed by atoms with Gasteiger partial charge in [0.15, 0.2) is 4.34 Å². The number of rotatable bonds is 5. The van der Waals surface area contributed by atoms with Crippen molar-refractivity contribution in [1.29, 1.82) is 0 Å². The van der Waals surface area contributed by atoms with Gasteiger partial charge in [0.25, 0.3) is 0 Å². The van der Waals surface area contributed by atoms with Gasteiger partial charge in [0.2, 0.25) is 0 Å². The predicted molar refractivity (Wildman–Crippen MR) is 74.0 cm³/mol. The number of benzene rings is 1. The maximum Gasteiger partial charge on any atom is 0.184 e. The van der Waals surface area contributed by atoms with Gasteiger partial charge in [-0.25, -0.2) is 9.19 Å². The minimum absolute atomic E-state index is 0.242. The topological polar surface area (TPSA) is 65.2 Å². The molecule has 2 N–H and O–H groups in total. The number of nitrogen functional groups attached to an aromatic ring is 1. The lowest BCUT2D eigenvalue weighted by Gasteiger charge is -1.99. The Bertz CT molecular complexity index is 593. The molecule has 1 aliphatic rings. The van der Waals surface area contributed by atoms with E-state index in [0.29, 0.717) is 15.9 Å². The fourth-order valence-corrected chi connectivity index (χ4v) is 3.72. The molecule has 1 heterocycles. The summed E-state index contributed by atoms with van der Waals surface area (Å²) < 4.78 is 19.0. The Morgan fingerprint density at radius 3 is 3.11 bits per heavy atom. The van der Waals surface area contributed by atoms with Gasteiger partial charge in [0, 0.05) is 5.69 Å². The highest BCUT2D eigenvalue weighted by Gasteiger charge is 2.21. The molecular formula is C12H14N2O2S2. The third-order valence-corrected chi connectivity index (χ3v) is 5.31. The van der Waals surface area contributed by atoms with Crippen LogP contribution in [0.15, 0.2) is 22.5 Å². The van der Waals surface area contributed by atoms with E-state index in [2.05, 4.69) is 4.98 Å². The maximum atomic E-state index is 12.0. The fraction of sp³-hybridized carbons (Fsp3) is 0.417. The third kappa shape index (κ3) is 2.71. The van der Waals surface area contributed by atoms with Crippen LogP contribution < -0.4 is 5.73 Å². The largest absolute Gasteiger partial charge is 0.399 e. The summed E-state index contributed by atoms with van der Waals surface area (Å²) in [5, 5.41) is 0. The molecule has 6 heteroatoms. The standard InChI is InChI=1S/C12H14N2O2S2/c13-9-3-4-10-11(5-9)17-12(14-10)18(15)7-16-6-8-1-2-8/h3-5,8H,1-2,6-7,13H2. The van der Waals surface area contributed by atoms with Crippen molar-refractivity contribution in [1.82, 2.24) is 4.98 Å². The monoisotopic (exact) mass is 282 g/mol. The highest BCUT2D eigenvalue weighted by atomic mass is 32.2. The minimum Gasteiger partial charge on any atom is -0.399 e. The number of anilines is 1. The molecule has 0 bridgehead atoms. The predicted octanol–water partition coefficient (Wildman–Crippen LogP) is 2.37. The van der Waals surface area contributed by atoms with E-state index >= 15 is 0 Å². The van der Waals surface area contributed by atoms with E-state index < -0.39 is 10.8 Å². The number of hydrogen-bond acceptors (Lipinski definition) is 5. The van der Waals surface area contributed by atoms with Crippen molar-refractivity contribution in [3.05, 3.63) is 18.2 Å². The Labute approximate surface area is 112 Å². The lowest BCUT2D eigenvalue weighted by atomic mass is 10.3. The second kappa shape index (κ2) is 4.95. The summed E-state index contributed by atoms with van der Waals surface area (Å²) in [5.41, 5.74) is 7.26. The molecule has 3 rings (SSSR count). The molecule has 0 amide bonds. The van der Waals surface area contributed by atoms with Gasteiger partial charge in [-0.1, -0.05) is 0 Å². The minimum atomic E-state index is -1.17. The van der Waals surface area contributed by atoms with Crippen molar-refractivity contribution in [3.63, 3.8) is 0 Å². The third-order valence-electron chi connectivity index (χ3n) is 2.83. The van der Waals surface area contributed by atoms with E-state index in [9.17, 15) is 4.21 Å². The van der Waals surface area contributed by atoms with Crippen molar-refractivity contribution in [2.45, 2.75) is 17.2 Å². The molecular weight excluding hydrogens is 268 g/mol. The van der Waals surface area contributed by atoms with Gasteiger partial charge in [-0.05, 0) is 37.0 Å². The maximum absolute atomic E-state index is 12.0. The highest BCUT2D eigenvalue weighted by molar-refractivity contribution is 7.87. The number of fused-ring (bicyclic) bond motifs is 1. The van der Waals surface area contributed by atoms with Crippen LogP contribution in [0.4, 0.5) is 5.69 Å². The molecule has 18 heavy (non-hydrogen) atoms. The number of aromatic nitrogens is 1. The van der Waals surface area contributed by atoms with Crippen molar-refractivity contribution in [2.75, 3.05) is 18.3 Å². The van der Waals surface area contributed by atoms with Crippen molar-refractivity contribution in [3.8, 4) is 0 Å². The van der Waals surface area contributed by atoms with Gasteiger partial charge in [-0.2, -0.15) is 0 Å². The van der Waals surface area contributed by atoms with Gasteiger partial charge >= 0.3 is 0 Å². The summed E-state index contributed by atoms with van der Waals surface area (Å²) >= 11 is 1.42. The average Bonchev–Trinajstić information content (AvgIpc) is 3.06. The first kappa shape index (κ1) is 12.1. The molecule has 1 aromatic heterocycles. The Hall–Kier alpha value is -0.980. The van der Waals surface area contributed by atoms with E-state index in [0.717, 1.165) is 16.8 Å². The van der Waals surface area contributed by atoms with E-state index in [-0.39, 0.29) is 5.94 Å². The number of thiazole rings is 1. The molecule has 1 unspecified atom stereocenters. The number of nitrogens with two attached hydrogens (primary N) is 1. The average molecular weight is 282 g/mol. The molecule has 1 saturated carbocycles. The summed E-state index contributed by atoms with van der Waals surface area (Å²) in [6.07, 6.45) is 2.49. The fourth-order valence-electron chi connectivity index (χ4n) is 1.64. The molecule has 0 saturated heterocycles. The normalized spacial score (nSPS) is 17.1. The summed E-state index contributed by atoms with van der Waals surface area (Å²) in [6, 6.07) is 5.52. The zero-order valence-electron chi connectivity index (χ0n) is 9.80. The van der Waals surface area contributed by atoms with Crippen LogP contribution in [-0.4, -0.2) is 21.7 Å². The smallest absolute Gasteiger partial charge is 0.184 e. The van der Waals surface area contributed by atoms with Crippen molar-refractivity contribution < 1.29 is 8.95 Å². The molecule has 0 radical (unpaired) electrons. The van der Waals surface area contributed by atoms with Crippen LogP contribution in [0, 0.1) is 5.92 Å². The summed E-state index contributed by atoms with van der Waals surface area (Å²) in [7, 11) is -1.17. The second-order valence-electron chi connectivity index (χ2n) is 4.48. The van der Waals surface area contributed by atoms with Gasteiger partial charge in [-0.15, -0.1) is 11.3 Å². The van der Waals surface area contributed by atoms with Crippen LogP contribution in [0.3, 0.4) is 0 Å². The molecule has 1 fully saturated rings. The van der Waals surface area contributed by atoms with Gasteiger partial charge in [0.1, 0.15) is 16.7 Å². The number of ether oxygens (including phenoxy) is 1. The lowest BCUT2D eigenvalue weighted by molar-refractivity contribution is 0.168. The summed E-state index contributed by atoms with van der Waals surface area (Å²) in [5.74, 6) is 0.934. The number of nitrogens with zero attached hydrogens (tertiary/aromatic N) is 1. The SMILES string of the molecule is Nc1ccc2nc(S(=O)COCC3CC3)sc2c1. The quantitative estimate of drug-likeness (QED) is 0.855. The van der Waals surface area contributed by atoms with E-state index in [1.54, 1.807) is 6.07 Å². The van der Waals surface area contributed by atoms with E-state index in [1.165, 1.54) is 24.2 Å². The Morgan fingerprint density at radius 2 is 2.33 bits per heavy atom. The molecule has 0 spiro atoms. The first-order valence-corrected chi connectivity index (χ1v) is 7.98. The first-order valence-electron chi connectivity index (χ1n) is 5.84. The van der Waals surface area contributed by atoms with Crippen LogP contribution in [0.2, 0.25) is 0 Å². The molecule has 96 valence electrons. The van der Waals surface area contributed by atoms with Gasteiger partial charge in [-0.3, -0.25) is 0 Å². The Morgan fingerprint density at radius 1 is 1.50 bits per heavy atom. The molecule has 1 atom stereocenters. The molecule has 2 aromatic rings. The van der Waals surface area contributed by atoms with Crippen LogP contribution in [0.1, 0.15) is 12.8 Å². The zero-order chi connectivity index (χ0) is 12.5. The molecule has 0 aliphatic heterocycles. The summed E-state index contributed by atoms with van der Waals surface area (Å²) in [6.45, 7) is 0.726. The van der Waals surface area contributed by atoms with Crippen LogP contribution in [0.25, 0.3) is 10.2 Å². The van der Waals surface area contributed by atoms with Crippen molar-refractivity contribution >= 4 is 38.0 Å². The van der Waals surface area contributed by atoms with Crippen LogP contribution in [-0.2, 0) is 15.5 Å². The second-order valence-corrected chi connectivity index (χ2v) is 7.09. The lowest BCUT2D eigenvalue weighted by Crippen LogP contribution is -2.04. The Balaban J connectivity index is 1.70. The summed E-state index contributed by atoms with van der Waals surface area (Å²) in [4.78, 5) is 4.35. The molecule has 1 aromatic carbocycles. The molecule has 4 nitrogen and oxygen atoms in total. The van der Waals surface area contributed by atoms with Crippen LogP contribution in [0.5, 0.6) is 0 Å². The van der Waals surface area contributed by atoms with E-state index in [4.69, 9.17) is 10.5 Å².